The smallest absolute Gasteiger partial charge is 0.339 e. The molecule has 152 valence electrons. The zero-order valence-corrected chi connectivity index (χ0v) is 16.3. The van der Waals surface area contributed by atoms with Gasteiger partial charge in [-0.2, -0.15) is 0 Å². The molecule has 0 aliphatic heterocycles. The van der Waals surface area contributed by atoms with Crippen LogP contribution in [-0.2, 0) is 11.2 Å². The minimum absolute atomic E-state index is 0.0282. The molecule has 1 heterocycles. The van der Waals surface area contributed by atoms with Crippen molar-refractivity contribution in [1.82, 2.24) is 5.32 Å². The van der Waals surface area contributed by atoms with E-state index >= 15 is 0 Å². The van der Waals surface area contributed by atoms with E-state index in [0.29, 0.717) is 16.9 Å². The van der Waals surface area contributed by atoms with E-state index < -0.39 is 23.3 Å². The van der Waals surface area contributed by atoms with Crippen LogP contribution in [0.5, 0.6) is 5.75 Å². The van der Waals surface area contributed by atoms with Crippen LogP contribution < -0.4 is 15.7 Å². The minimum atomic E-state index is -0.723. The van der Waals surface area contributed by atoms with Gasteiger partial charge in [0.15, 0.2) is 0 Å². The fourth-order valence-electron chi connectivity index (χ4n) is 3.27. The molecule has 0 bridgehead atoms. The first-order valence-electron chi connectivity index (χ1n) is 9.14. The lowest BCUT2D eigenvalue weighted by Crippen LogP contribution is -2.28. The SMILES string of the molecule is COc1ccc2c(C)c(CCC(=O)NC(C)c3ccc(F)cc3F)c(=O)oc2c1. The van der Waals surface area contributed by atoms with E-state index in [1.807, 2.05) is 0 Å². The number of carbonyl (C=O) groups excluding carboxylic acids is 1. The number of ether oxygens (including phenoxy) is 1. The van der Waals surface area contributed by atoms with Crippen molar-refractivity contribution in [1.29, 1.82) is 0 Å². The zero-order valence-electron chi connectivity index (χ0n) is 16.3. The Morgan fingerprint density at radius 1 is 1.21 bits per heavy atom. The number of halogens is 2. The number of benzene rings is 2. The number of rotatable bonds is 6. The highest BCUT2D eigenvalue weighted by atomic mass is 19.1. The molecule has 1 amide bonds. The Morgan fingerprint density at radius 2 is 1.97 bits per heavy atom. The van der Waals surface area contributed by atoms with Gasteiger partial charge < -0.3 is 14.5 Å². The molecule has 29 heavy (non-hydrogen) atoms. The van der Waals surface area contributed by atoms with Crippen LogP contribution in [0.2, 0.25) is 0 Å². The Kier molecular flexibility index (Phi) is 5.96. The van der Waals surface area contributed by atoms with Crippen LogP contribution in [0.4, 0.5) is 8.78 Å². The van der Waals surface area contributed by atoms with Crippen molar-refractivity contribution in [3.8, 4) is 5.75 Å². The summed E-state index contributed by atoms with van der Waals surface area (Å²) in [6, 6.07) is 7.78. The van der Waals surface area contributed by atoms with Crippen molar-refractivity contribution >= 4 is 16.9 Å². The van der Waals surface area contributed by atoms with Gasteiger partial charge in [-0.15, -0.1) is 0 Å². The molecule has 3 aromatic rings. The fourth-order valence-corrected chi connectivity index (χ4v) is 3.27. The molecule has 0 aliphatic rings. The second-order valence-corrected chi connectivity index (χ2v) is 6.81. The summed E-state index contributed by atoms with van der Waals surface area (Å²) in [6.07, 6.45) is 0.209. The van der Waals surface area contributed by atoms with Crippen LogP contribution in [0.25, 0.3) is 11.0 Å². The first-order chi connectivity index (χ1) is 13.8. The number of hydrogen-bond acceptors (Lipinski definition) is 4. The molecule has 0 spiro atoms. The van der Waals surface area contributed by atoms with Gasteiger partial charge in [-0.05, 0) is 44.0 Å². The monoisotopic (exact) mass is 401 g/mol. The topological polar surface area (TPSA) is 68.5 Å². The lowest BCUT2D eigenvalue weighted by molar-refractivity contribution is -0.121. The lowest BCUT2D eigenvalue weighted by atomic mass is 10.0. The third-order valence-corrected chi connectivity index (χ3v) is 4.90. The number of fused-ring (bicyclic) bond motifs is 1. The molecule has 7 heteroatoms. The molecule has 5 nitrogen and oxygen atoms in total. The van der Waals surface area contributed by atoms with Gasteiger partial charge in [0.2, 0.25) is 5.91 Å². The van der Waals surface area contributed by atoms with E-state index in [2.05, 4.69) is 5.32 Å². The number of methoxy groups -OCH3 is 1. The fraction of sp³-hybridized carbons (Fsp3) is 0.273. The highest BCUT2D eigenvalue weighted by Crippen LogP contribution is 2.24. The molecule has 0 fully saturated rings. The number of nitrogens with one attached hydrogen (secondary N) is 1. The molecule has 1 N–H and O–H groups in total. The molecule has 0 saturated heterocycles. The van der Waals surface area contributed by atoms with Crippen LogP contribution in [0.15, 0.2) is 45.6 Å². The van der Waals surface area contributed by atoms with Gasteiger partial charge in [-0.3, -0.25) is 4.79 Å². The summed E-state index contributed by atoms with van der Waals surface area (Å²) in [7, 11) is 1.53. The Balaban J connectivity index is 1.73. The molecule has 3 rings (SSSR count). The maximum Gasteiger partial charge on any atom is 0.339 e. The van der Waals surface area contributed by atoms with Crippen molar-refractivity contribution in [2.75, 3.05) is 7.11 Å². The molecular weight excluding hydrogens is 380 g/mol. The van der Waals surface area contributed by atoms with Crippen LogP contribution >= 0.6 is 0 Å². The molecule has 0 aliphatic carbocycles. The summed E-state index contributed by atoms with van der Waals surface area (Å²) < 4.78 is 37.4. The number of carbonyl (C=O) groups is 1. The molecule has 1 atom stereocenters. The first kappa shape index (κ1) is 20.5. The third kappa shape index (κ3) is 4.45. The predicted octanol–water partition coefficient (Wildman–Crippen LogP) is 4.20. The molecule has 1 unspecified atom stereocenters. The highest BCUT2D eigenvalue weighted by Gasteiger charge is 2.17. The van der Waals surface area contributed by atoms with E-state index in [-0.39, 0.29) is 24.3 Å². The average molecular weight is 401 g/mol. The Bertz CT molecular complexity index is 1120. The first-order valence-corrected chi connectivity index (χ1v) is 9.14. The molecule has 2 aromatic carbocycles. The zero-order chi connectivity index (χ0) is 21.1. The largest absolute Gasteiger partial charge is 0.497 e. The van der Waals surface area contributed by atoms with Crippen molar-refractivity contribution < 1.29 is 22.7 Å². The van der Waals surface area contributed by atoms with Crippen LogP contribution in [-0.4, -0.2) is 13.0 Å². The Labute approximate surface area is 166 Å². The van der Waals surface area contributed by atoms with Crippen molar-refractivity contribution in [3.05, 3.63) is 75.1 Å². The molecular formula is C22H21F2NO4. The van der Waals surface area contributed by atoms with Gasteiger partial charge in [-0.25, -0.2) is 13.6 Å². The summed E-state index contributed by atoms with van der Waals surface area (Å²) >= 11 is 0. The minimum Gasteiger partial charge on any atom is -0.497 e. The predicted molar refractivity (Wildman–Crippen MR) is 105 cm³/mol. The second kappa shape index (κ2) is 8.43. The number of aryl methyl sites for hydroxylation is 1. The lowest BCUT2D eigenvalue weighted by Gasteiger charge is -2.15. The summed E-state index contributed by atoms with van der Waals surface area (Å²) in [5, 5.41) is 3.43. The van der Waals surface area contributed by atoms with Gasteiger partial charge in [-0.1, -0.05) is 6.07 Å². The van der Waals surface area contributed by atoms with Crippen LogP contribution in [0.1, 0.15) is 36.1 Å². The summed E-state index contributed by atoms with van der Waals surface area (Å²) in [4.78, 5) is 24.7. The normalized spacial score (nSPS) is 12.0. The quantitative estimate of drug-likeness (QED) is 0.629. The summed E-state index contributed by atoms with van der Waals surface area (Å²) in [5.74, 6) is -1.18. The van der Waals surface area contributed by atoms with E-state index in [1.54, 1.807) is 32.0 Å². The van der Waals surface area contributed by atoms with Crippen molar-refractivity contribution in [2.24, 2.45) is 0 Å². The third-order valence-electron chi connectivity index (χ3n) is 4.90. The average Bonchev–Trinajstić information content (AvgIpc) is 2.67. The van der Waals surface area contributed by atoms with Gasteiger partial charge >= 0.3 is 5.63 Å². The molecule has 1 aromatic heterocycles. The Hall–Kier alpha value is -3.22. The van der Waals surface area contributed by atoms with Crippen LogP contribution in [0.3, 0.4) is 0 Å². The van der Waals surface area contributed by atoms with E-state index in [0.717, 1.165) is 23.1 Å². The van der Waals surface area contributed by atoms with E-state index in [9.17, 15) is 18.4 Å². The number of hydrogen-bond donors (Lipinski definition) is 1. The summed E-state index contributed by atoms with van der Waals surface area (Å²) in [5.41, 5.74) is 1.26. The highest BCUT2D eigenvalue weighted by molar-refractivity contribution is 5.82. The van der Waals surface area contributed by atoms with Gasteiger partial charge in [0.1, 0.15) is 23.0 Å². The van der Waals surface area contributed by atoms with E-state index in [4.69, 9.17) is 9.15 Å². The van der Waals surface area contributed by atoms with Crippen LogP contribution in [0, 0.1) is 18.6 Å². The standard InChI is InChI=1S/C22H21F2NO4/c1-12-16-7-5-15(28-3)11-20(16)29-22(27)17(12)8-9-21(26)25-13(2)18-6-4-14(23)10-19(18)24/h4-7,10-11,13H,8-9H2,1-3H3,(H,25,26). The van der Waals surface area contributed by atoms with Crippen molar-refractivity contribution in [3.63, 3.8) is 0 Å². The number of amides is 1. The molecule has 0 radical (unpaired) electrons. The molecule has 0 saturated carbocycles. The maximum absolute atomic E-state index is 13.9. The Morgan fingerprint density at radius 3 is 2.66 bits per heavy atom. The van der Waals surface area contributed by atoms with Gasteiger partial charge in [0.25, 0.3) is 0 Å². The van der Waals surface area contributed by atoms with Gasteiger partial charge in [0.05, 0.1) is 13.2 Å². The van der Waals surface area contributed by atoms with Gasteiger partial charge in [0, 0.05) is 35.1 Å². The van der Waals surface area contributed by atoms with Crippen molar-refractivity contribution in [2.45, 2.75) is 32.7 Å². The maximum atomic E-state index is 13.9. The van der Waals surface area contributed by atoms with E-state index in [1.165, 1.54) is 13.2 Å². The second-order valence-electron chi connectivity index (χ2n) is 6.81. The summed E-state index contributed by atoms with van der Waals surface area (Å²) in [6.45, 7) is 3.41.